The lowest BCUT2D eigenvalue weighted by atomic mass is 10.1. The Bertz CT molecular complexity index is 625. The van der Waals surface area contributed by atoms with Crippen molar-refractivity contribution in [2.75, 3.05) is 27.2 Å². The zero-order chi connectivity index (χ0) is 13.9. The minimum Gasteiger partial charge on any atom is -0.277 e. The molecular weight excluding hydrogens is 256 g/mol. The van der Waals surface area contributed by atoms with Gasteiger partial charge in [-0.2, -0.15) is 0 Å². The first kappa shape index (κ1) is 12.8. The summed E-state index contributed by atoms with van der Waals surface area (Å²) in [7, 11) is 3.94. The zero-order valence-corrected chi connectivity index (χ0v) is 11.9. The first-order chi connectivity index (χ1) is 9.75. The predicted octanol–water partition coefficient (Wildman–Crippen LogP) is 0.369. The van der Waals surface area contributed by atoms with E-state index in [1.165, 1.54) is 24.1 Å². The zero-order valence-electron chi connectivity index (χ0n) is 11.9. The fourth-order valence-corrected chi connectivity index (χ4v) is 2.39. The normalized spacial score (nSPS) is 15.4. The Morgan fingerprint density at radius 2 is 2.05 bits per heavy atom. The number of hydrogen-bond acceptors (Lipinski definition) is 4. The lowest BCUT2D eigenvalue weighted by molar-refractivity contribution is -0.481. The molecule has 0 spiro atoms. The van der Waals surface area contributed by atoms with E-state index in [4.69, 9.17) is 4.84 Å². The summed E-state index contributed by atoms with van der Waals surface area (Å²) < 4.78 is 1.96. The van der Waals surface area contributed by atoms with E-state index >= 15 is 0 Å². The molecule has 1 fully saturated rings. The van der Waals surface area contributed by atoms with Crippen LogP contribution in [0.2, 0.25) is 0 Å². The SMILES string of the molecule is C[N+](C)=C(On1nnc2cccnc21)N1CCCCC1. The number of likely N-dealkylation sites (tertiary alicyclic amines) is 1. The quantitative estimate of drug-likeness (QED) is 0.427. The Labute approximate surface area is 117 Å². The van der Waals surface area contributed by atoms with Crippen molar-refractivity contribution in [3.8, 4) is 0 Å². The van der Waals surface area contributed by atoms with E-state index in [1.54, 1.807) is 6.20 Å². The lowest BCUT2D eigenvalue weighted by Crippen LogP contribution is -2.46. The van der Waals surface area contributed by atoms with E-state index in [9.17, 15) is 0 Å². The topological polar surface area (TPSA) is 59.1 Å². The molecule has 3 rings (SSSR count). The largest absolute Gasteiger partial charge is 0.472 e. The van der Waals surface area contributed by atoms with Crippen molar-refractivity contribution in [2.24, 2.45) is 0 Å². The summed E-state index contributed by atoms with van der Waals surface area (Å²) in [6.45, 7) is 2.02. The molecule has 0 radical (unpaired) electrons. The van der Waals surface area contributed by atoms with E-state index in [0.717, 1.165) is 24.6 Å². The van der Waals surface area contributed by atoms with Crippen molar-refractivity contribution >= 4 is 17.2 Å². The van der Waals surface area contributed by atoms with Crippen LogP contribution < -0.4 is 4.84 Å². The molecule has 0 aromatic carbocycles. The van der Waals surface area contributed by atoms with Crippen LogP contribution in [-0.4, -0.2) is 62.8 Å². The molecular formula is C13H19N6O+. The van der Waals surface area contributed by atoms with Crippen molar-refractivity contribution in [1.82, 2.24) is 25.0 Å². The highest BCUT2D eigenvalue weighted by Gasteiger charge is 2.27. The van der Waals surface area contributed by atoms with E-state index in [0.29, 0.717) is 5.65 Å². The molecule has 1 aliphatic heterocycles. The molecule has 106 valence electrons. The van der Waals surface area contributed by atoms with Crippen LogP contribution >= 0.6 is 0 Å². The number of piperidine rings is 1. The molecule has 0 N–H and O–H groups in total. The highest BCUT2D eigenvalue weighted by molar-refractivity contribution is 5.72. The number of pyridine rings is 1. The molecule has 0 saturated carbocycles. The van der Waals surface area contributed by atoms with Crippen LogP contribution in [0.5, 0.6) is 0 Å². The van der Waals surface area contributed by atoms with Gasteiger partial charge < -0.3 is 0 Å². The molecule has 0 atom stereocenters. The molecule has 3 heterocycles. The number of aromatic nitrogens is 4. The van der Waals surface area contributed by atoms with Crippen molar-refractivity contribution in [3.05, 3.63) is 18.3 Å². The van der Waals surface area contributed by atoms with Gasteiger partial charge in [0.1, 0.15) is 5.52 Å². The van der Waals surface area contributed by atoms with Gasteiger partial charge in [0.25, 0.3) is 0 Å². The maximum atomic E-state index is 5.92. The summed E-state index contributed by atoms with van der Waals surface area (Å²) in [6.07, 6.45) is 5.38. The Kier molecular flexibility index (Phi) is 3.49. The van der Waals surface area contributed by atoms with Crippen LogP contribution in [0.1, 0.15) is 19.3 Å². The van der Waals surface area contributed by atoms with Crippen LogP contribution in [-0.2, 0) is 0 Å². The summed E-state index contributed by atoms with van der Waals surface area (Å²) in [5, 5.41) is 8.07. The highest BCUT2D eigenvalue weighted by Crippen LogP contribution is 2.10. The van der Waals surface area contributed by atoms with E-state index in [2.05, 4.69) is 20.2 Å². The number of nitrogens with zero attached hydrogens (tertiary/aromatic N) is 6. The summed E-state index contributed by atoms with van der Waals surface area (Å²) in [5.41, 5.74) is 1.35. The highest BCUT2D eigenvalue weighted by atomic mass is 16.7. The Morgan fingerprint density at radius 1 is 1.25 bits per heavy atom. The summed E-state index contributed by atoms with van der Waals surface area (Å²) in [5.74, 6) is 0. The minimum atomic E-state index is 0.629. The number of fused-ring (bicyclic) bond motifs is 1. The van der Waals surface area contributed by atoms with Gasteiger partial charge >= 0.3 is 6.02 Å². The standard InChI is InChI=1S/C13H19N6O/c1-17(2)13(18-9-4-3-5-10-18)20-19-12-11(15-16-19)7-6-8-14-12/h6-8H,3-5,9-10H2,1-2H3/q+1. The predicted molar refractivity (Wildman–Crippen MR) is 74.4 cm³/mol. The van der Waals surface area contributed by atoms with Crippen molar-refractivity contribution in [1.29, 1.82) is 0 Å². The third-order valence-electron chi connectivity index (χ3n) is 3.36. The van der Waals surface area contributed by atoms with Gasteiger partial charge in [-0.25, -0.2) is 14.5 Å². The molecule has 0 amide bonds. The third kappa shape index (κ3) is 2.43. The smallest absolute Gasteiger partial charge is 0.277 e. The molecule has 0 bridgehead atoms. The molecule has 2 aromatic heterocycles. The molecule has 20 heavy (non-hydrogen) atoms. The van der Waals surface area contributed by atoms with Crippen molar-refractivity contribution in [3.63, 3.8) is 0 Å². The molecule has 0 aliphatic carbocycles. The fourth-order valence-electron chi connectivity index (χ4n) is 2.39. The summed E-state index contributed by atoms with van der Waals surface area (Å²) in [6, 6.07) is 4.48. The van der Waals surface area contributed by atoms with Gasteiger partial charge in [-0.1, -0.05) is 0 Å². The first-order valence-corrected chi connectivity index (χ1v) is 6.90. The second kappa shape index (κ2) is 5.44. The maximum absolute atomic E-state index is 5.92. The second-order valence-corrected chi connectivity index (χ2v) is 5.12. The Hall–Kier alpha value is -2.18. The molecule has 0 unspecified atom stereocenters. The summed E-state index contributed by atoms with van der Waals surface area (Å²) in [4.78, 5) is 13.8. The Morgan fingerprint density at radius 3 is 2.80 bits per heavy atom. The van der Waals surface area contributed by atoms with Gasteiger partial charge in [0.05, 0.1) is 27.2 Å². The fraction of sp³-hybridized carbons (Fsp3) is 0.538. The van der Waals surface area contributed by atoms with Gasteiger partial charge in [0, 0.05) is 6.20 Å². The summed E-state index contributed by atoms with van der Waals surface area (Å²) >= 11 is 0. The molecule has 1 saturated heterocycles. The average Bonchev–Trinajstić information content (AvgIpc) is 2.88. The van der Waals surface area contributed by atoms with Crippen LogP contribution in [0.3, 0.4) is 0 Å². The van der Waals surface area contributed by atoms with Crippen molar-refractivity contribution < 1.29 is 9.41 Å². The van der Waals surface area contributed by atoms with Gasteiger partial charge in [0.2, 0.25) is 5.65 Å². The molecule has 1 aliphatic rings. The van der Waals surface area contributed by atoms with Crippen LogP contribution in [0.15, 0.2) is 18.3 Å². The van der Waals surface area contributed by atoms with Crippen molar-refractivity contribution in [2.45, 2.75) is 19.3 Å². The molecule has 7 nitrogen and oxygen atoms in total. The van der Waals surface area contributed by atoms with E-state index in [1.807, 2.05) is 30.8 Å². The second-order valence-electron chi connectivity index (χ2n) is 5.12. The monoisotopic (exact) mass is 275 g/mol. The Balaban J connectivity index is 1.88. The van der Waals surface area contributed by atoms with Gasteiger partial charge in [0.15, 0.2) is 0 Å². The molecule has 7 heteroatoms. The van der Waals surface area contributed by atoms with Gasteiger partial charge in [-0.05, 0) is 41.5 Å². The maximum Gasteiger partial charge on any atom is 0.472 e. The first-order valence-electron chi connectivity index (χ1n) is 6.90. The minimum absolute atomic E-state index is 0.629. The van der Waals surface area contributed by atoms with E-state index in [-0.39, 0.29) is 0 Å². The van der Waals surface area contributed by atoms with E-state index < -0.39 is 0 Å². The van der Waals surface area contributed by atoms with Gasteiger partial charge in [-0.3, -0.25) is 4.84 Å². The number of amidine groups is 1. The third-order valence-corrected chi connectivity index (χ3v) is 3.36. The lowest BCUT2D eigenvalue weighted by Gasteiger charge is -2.22. The van der Waals surface area contributed by atoms with Crippen LogP contribution in [0.25, 0.3) is 11.2 Å². The van der Waals surface area contributed by atoms with Crippen LogP contribution in [0, 0.1) is 0 Å². The average molecular weight is 275 g/mol. The van der Waals surface area contributed by atoms with Crippen LogP contribution in [0.4, 0.5) is 0 Å². The van der Waals surface area contributed by atoms with Gasteiger partial charge in [-0.15, -0.1) is 5.10 Å². The number of hydrogen-bond donors (Lipinski definition) is 0. The number of rotatable bonds is 1. The molecule has 2 aromatic rings.